The van der Waals surface area contributed by atoms with Crippen molar-refractivity contribution in [3.8, 4) is 0 Å². The molecule has 1 heterocycles. The van der Waals surface area contributed by atoms with E-state index >= 15 is 0 Å². The van der Waals surface area contributed by atoms with Gasteiger partial charge in [-0.1, -0.05) is 30.3 Å². The van der Waals surface area contributed by atoms with Crippen LogP contribution in [-0.4, -0.2) is 44.8 Å². The van der Waals surface area contributed by atoms with E-state index in [1.54, 1.807) is 31.2 Å². The summed E-state index contributed by atoms with van der Waals surface area (Å²) in [4.78, 5) is 24.1. The zero-order valence-corrected chi connectivity index (χ0v) is 11.2. The smallest absolute Gasteiger partial charge is 0.408 e. The summed E-state index contributed by atoms with van der Waals surface area (Å²) in [5.74, 6) is -1.15. The van der Waals surface area contributed by atoms with Crippen LogP contribution < -0.4 is 5.73 Å². The summed E-state index contributed by atoms with van der Waals surface area (Å²) in [6.45, 7) is 1.69. The maximum absolute atomic E-state index is 11.8. The highest BCUT2D eigenvalue weighted by atomic mass is 16.4. The minimum Gasteiger partial charge on any atom is -0.479 e. The van der Waals surface area contributed by atoms with E-state index in [2.05, 4.69) is 0 Å². The molecular weight excluding hydrogens is 260 g/mol. The largest absolute Gasteiger partial charge is 0.479 e. The van der Waals surface area contributed by atoms with E-state index in [1.807, 2.05) is 6.07 Å². The van der Waals surface area contributed by atoms with Crippen LogP contribution in [0.25, 0.3) is 0 Å². The molecule has 1 aliphatic heterocycles. The van der Waals surface area contributed by atoms with Crippen LogP contribution in [0.3, 0.4) is 0 Å². The molecule has 6 heteroatoms. The van der Waals surface area contributed by atoms with Crippen LogP contribution in [0.2, 0.25) is 0 Å². The monoisotopic (exact) mass is 278 g/mol. The summed E-state index contributed by atoms with van der Waals surface area (Å²) >= 11 is 0. The molecule has 0 bridgehead atoms. The molecule has 0 spiro atoms. The van der Waals surface area contributed by atoms with Gasteiger partial charge < -0.3 is 15.9 Å². The topological polar surface area (TPSA) is 104 Å². The number of nitrogens with two attached hydrogens (primary N) is 1. The second kappa shape index (κ2) is 4.79. The third-order valence-corrected chi connectivity index (χ3v) is 3.70. The average molecular weight is 278 g/mol. The number of hydrogen-bond donors (Lipinski definition) is 3. The molecule has 1 saturated heterocycles. The Bertz CT molecular complexity index is 529. The number of amides is 1. The first kappa shape index (κ1) is 14.3. The maximum atomic E-state index is 11.8. The van der Waals surface area contributed by atoms with Crippen LogP contribution in [0.5, 0.6) is 0 Å². The van der Waals surface area contributed by atoms with Gasteiger partial charge in [-0.25, -0.2) is 9.59 Å². The molecule has 1 fully saturated rings. The highest BCUT2D eigenvalue weighted by Crippen LogP contribution is 2.37. The van der Waals surface area contributed by atoms with Crippen molar-refractivity contribution in [2.45, 2.75) is 30.8 Å². The van der Waals surface area contributed by atoms with Gasteiger partial charge in [0.2, 0.25) is 0 Å². The number of benzene rings is 1. The van der Waals surface area contributed by atoms with E-state index in [0.717, 1.165) is 10.5 Å². The minimum absolute atomic E-state index is 0.0153. The SMILES string of the molecule is C[C@@]1(N)CN(C(=O)O)[C@](Cc2ccccc2)(C(=O)O)C1. The average Bonchev–Trinajstić information content (AvgIpc) is 2.63. The quantitative estimate of drug-likeness (QED) is 0.769. The summed E-state index contributed by atoms with van der Waals surface area (Å²) in [6, 6.07) is 9.00. The fourth-order valence-electron chi connectivity index (χ4n) is 2.94. The van der Waals surface area contributed by atoms with Crippen LogP contribution in [0.1, 0.15) is 18.9 Å². The molecule has 0 radical (unpaired) electrons. The molecule has 1 amide bonds. The van der Waals surface area contributed by atoms with Gasteiger partial charge in [-0.15, -0.1) is 0 Å². The first-order chi connectivity index (χ1) is 9.27. The molecular formula is C14H18N2O4. The zero-order valence-electron chi connectivity index (χ0n) is 11.2. The van der Waals surface area contributed by atoms with Crippen molar-refractivity contribution in [3.63, 3.8) is 0 Å². The standard InChI is InChI=1S/C14H18N2O4/c1-13(15)8-14(11(17)18,16(9-13)12(19)20)7-10-5-3-2-4-6-10/h2-6H,7-9,15H2,1H3,(H,17,18)(H,19,20)/t13-,14-/m0/s1. The van der Waals surface area contributed by atoms with E-state index < -0.39 is 23.1 Å². The van der Waals surface area contributed by atoms with Gasteiger partial charge >= 0.3 is 12.1 Å². The van der Waals surface area contributed by atoms with Gasteiger partial charge in [0.15, 0.2) is 0 Å². The summed E-state index contributed by atoms with van der Waals surface area (Å²) in [5.41, 5.74) is 4.44. The fourth-order valence-corrected chi connectivity index (χ4v) is 2.94. The molecule has 4 N–H and O–H groups in total. The minimum atomic E-state index is -1.50. The third-order valence-electron chi connectivity index (χ3n) is 3.70. The molecule has 20 heavy (non-hydrogen) atoms. The van der Waals surface area contributed by atoms with Crippen LogP contribution >= 0.6 is 0 Å². The van der Waals surface area contributed by atoms with Crippen molar-refractivity contribution in [1.82, 2.24) is 4.90 Å². The Balaban J connectivity index is 2.43. The van der Waals surface area contributed by atoms with Crippen molar-refractivity contribution in [3.05, 3.63) is 35.9 Å². The second-order valence-electron chi connectivity index (χ2n) is 5.70. The predicted octanol–water partition coefficient (Wildman–Crippen LogP) is 1.15. The zero-order chi connectivity index (χ0) is 15.0. The lowest BCUT2D eigenvalue weighted by atomic mass is 9.84. The van der Waals surface area contributed by atoms with Gasteiger partial charge in [-0.05, 0) is 12.5 Å². The van der Waals surface area contributed by atoms with Crippen molar-refractivity contribution >= 4 is 12.1 Å². The molecule has 0 saturated carbocycles. The van der Waals surface area contributed by atoms with E-state index in [-0.39, 0.29) is 19.4 Å². The van der Waals surface area contributed by atoms with E-state index in [4.69, 9.17) is 5.73 Å². The maximum Gasteiger partial charge on any atom is 0.408 e. The predicted molar refractivity (Wildman–Crippen MR) is 72.5 cm³/mol. The van der Waals surface area contributed by atoms with Crippen molar-refractivity contribution < 1.29 is 19.8 Å². The number of aliphatic carboxylic acids is 1. The fraction of sp³-hybridized carbons (Fsp3) is 0.429. The first-order valence-electron chi connectivity index (χ1n) is 6.34. The molecule has 1 aromatic carbocycles. The Morgan fingerprint density at radius 3 is 2.40 bits per heavy atom. The van der Waals surface area contributed by atoms with Crippen LogP contribution in [0, 0.1) is 0 Å². The molecule has 1 aliphatic rings. The number of likely N-dealkylation sites (tertiary alicyclic amines) is 1. The Morgan fingerprint density at radius 2 is 1.90 bits per heavy atom. The normalized spacial score (nSPS) is 29.4. The van der Waals surface area contributed by atoms with Gasteiger partial charge in [0, 0.05) is 24.9 Å². The summed E-state index contributed by atoms with van der Waals surface area (Å²) in [7, 11) is 0. The summed E-state index contributed by atoms with van der Waals surface area (Å²) in [5, 5.41) is 18.9. The number of carboxylic acid groups (broad SMARTS) is 2. The number of nitrogens with zero attached hydrogens (tertiary/aromatic N) is 1. The summed E-state index contributed by atoms with van der Waals surface area (Å²) < 4.78 is 0. The Kier molecular flexibility index (Phi) is 3.43. The van der Waals surface area contributed by atoms with E-state index in [9.17, 15) is 19.8 Å². The third kappa shape index (κ3) is 2.46. The van der Waals surface area contributed by atoms with Crippen LogP contribution in [0.15, 0.2) is 30.3 Å². The lowest BCUT2D eigenvalue weighted by molar-refractivity contribution is -0.148. The Labute approximate surface area is 116 Å². The molecule has 2 rings (SSSR count). The molecule has 6 nitrogen and oxygen atoms in total. The molecule has 0 aromatic heterocycles. The second-order valence-corrected chi connectivity index (χ2v) is 5.70. The van der Waals surface area contributed by atoms with Gasteiger partial charge in [-0.2, -0.15) is 0 Å². The molecule has 0 aliphatic carbocycles. The Morgan fingerprint density at radius 1 is 1.30 bits per heavy atom. The first-order valence-corrected chi connectivity index (χ1v) is 6.34. The van der Waals surface area contributed by atoms with Crippen LogP contribution in [-0.2, 0) is 11.2 Å². The summed E-state index contributed by atoms with van der Waals surface area (Å²) in [6.07, 6.45) is -1.05. The lowest BCUT2D eigenvalue weighted by Gasteiger charge is -2.32. The van der Waals surface area contributed by atoms with Gasteiger partial charge in [0.05, 0.1) is 0 Å². The number of rotatable bonds is 3. The van der Waals surface area contributed by atoms with Crippen molar-refractivity contribution in [2.24, 2.45) is 5.73 Å². The van der Waals surface area contributed by atoms with Crippen LogP contribution in [0.4, 0.5) is 4.79 Å². The van der Waals surface area contributed by atoms with E-state index in [0.29, 0.717) is 0 Å². The van der Waals surface area contributed by atoms with Gasteiger partial charge in [0.1, 0.15) is 5.54 Å². The Hall–Kier alpha value is -2.08. The van der Waals surface area contributed by atoms with Crippen molar-refractivity contribution in [2.75, 3.05) is 6.54 Å². The molecule has 0 unspecified atom stereocenters. The highest BCUT2D eigenvalue weighted by molar-refractivity contribution is 5.85. The molecule has 108 valence electrons. The highest BCUT2D eigenvalue weighted by Gasteiger charge is 2.56. The van der Waals surface area contributed by atoms with Crippen molar-refractivity contribution in [1.29, 1.82) is 0 Å². The lowest BCUT2D eigenvalue weighted by Crippen LogP contribution is -2.54. The van der Waals surface area contributed by atoms with Gasteiger partial charge in [-0.3, -0.25) is 4.90 Å². The van der Waals surface area contributed by atoms with Gasteiger partial charge in [0.25, 0.3) is 0 Å². The molecule has 1 aromatic rings. The molecule has 2 atom stereocenters. The van der Waals surface area contributed by atoms with E-state index in [1.165, 1.54) is 0 Å². The number of carbonyl (C=O) groups is 2. The number of carboxylic acids is 1. The number of hydrogen-bond acceptors (Lipinski definition) is 3.